The molecule has 2 aromatic carbocycles. The Morgan fingerprint density at radius 1 is 1.04 bits per heavy atom. The van der Waals surface area contributed by atoms with E-state index in [4.69, 9.17) is 9.97 Å². The van der Waals surface area contributed by atoms with Crippen LogP contribution in [0.15, 0.2) is 56.4 Å². The second-order valence-corrected chi connectivity index (χ2v) is 8.33. The molecule has 23 heavy (non-hydrogen) atoms. The molecule has 5 heteroatoms. The van der Waals surface area contributed by atoms with E-state index in [0.29, 0.717) is 5.92 Å². The fourth-order valence-corrected chi connectivity index (χ4v) is 4.52. The van der Waals surface area contributed by atoms with Crippen molar-refractivity contribution in [3.63, 3.8) is 0 Å². The van der Waals surface area contributed by atoms with Crippen molar-refractivity contribution in [2.24, 2.45) is 0 Å². The molecule has 0 N–H and O–H groups in total. The first kappa shape index (κ1) is 16.9. The van der Waals surface area contributed by atoms with Gasteiger partial charge in [0.1, 0.15) is 10.9 Å². The van der Waals surface area contributed by atoms with Gasteiger partial charge in [-0.25, -0.2) is 9.97 Å². The van der Waals surface area contributed by atoms with E-state index >= 15 is 0 Å². The highest BCUT2D eigenvalue weighted by Crippen LogP contribution is 2.35. The number of benzene rings is 2. The van der Waals surface area contributed by atoms with Crippen LogP contribution in [0.1, 0.15) is 31.2 Å². The van der Waals surface area contributed by atoms with Crippen LogP contribution in [0.25, 0.3) is 10.9 Å². The first-order chi connectivity index (χ1) is 11.0. The van der Waals surface area contributed by atoms with Gasteiger partial charge in [-0.1, -0.05) is 60.1 Å². The molecule has 0 radical (unpaired) electrons. The molecule has 1 heterocycles. The van der Waals surface area contributed by atoms with Crippen LogP contribution < -0.4 is 0 Å². The Balaban J connectivity index is 2.06. The molecule has 0 aliphatic carbocycles. The third-order valence-electron chi connectivity index (χ3n) is 3.44. The minimum absolute atomic E-state index is 0.297. The Kier molecular flexibility index (Phi) is 5.39. The van der Waals surface area contributed by atoms with E-state index in [0.717, 1.165) is 36.5 Å². The lowest BCUT2D eigenvalue weighted by molar-refractivity contribution is 0.765. The average molecular weight is 452 g/mol. The van der Waals surface area contributed by atoms with Crippen molar-refractivity contribution in [2.75, 3.05) is 0 Å². The fourth-order valence-electron chi connectivity index (χ4n) is 2.24. The van der Waals surface area contributed by atoms with Gasteiger partial charge in [-0.15, -0.1) is 11.8 Å². The number of nitrogens with zero attached hydrogens (tertiary/aromatic N) is 2. The van der Waals surface area contributed by atoms with E-state index < -0.39 is 0 Å². The zero-order valence-corrected chi connectivity index (χ0v) is 16.9. The second kappa shape index (κ2) is 7.32. The van der Waals surface area contributed by atoms with Gasteiger partial charge >= 0.3 is 0 Å². The van der Waals surface area contributed by atoms with Gasteiger partial charge in [-0.3, -0.25) is 0 Å². The van der Waals surface area contributed by atoms with Crippen molar-refractivity contribution < 1.29 is 0 Å². The van der Waals surface area contributed by atoms with Crippen molar-refractivity contribution in [2.45, 2.75) is 30.5 Å². The van der Waals surface area contributed by atoms with Crippen LogP contribution >= 0.6 is 43.6 Å². The van der Waals surface area contributed by atoms with Crippen molar-refractivity contribution in [1.82, 2.24) is 9.97 Å². The zero-order chi connectivity index (χ0) is 16.4. The molecule has 1 aromatic heterocycles. The van der Waals surface area contributed by atoms with Gasteiger partial charge in [0.15, 0.2) is 0 Å². The molecule has 0 aliphatic heterocycles. The van der Waals surface area contributed by atoms with Crippen LogP contribution in [0, 0.1) is 0 Å². The maximum absolute atomic E-state index is 4.81. The van der Waals surface area contributed by atoms with E-state index in [-0.39, 0.29) is 0 Å². The lowest BCUT2D eigenvalue weighted by Crippen LogP contribution is -2.00. The van der Waals surface area contributed by atoms with E-state index in [9.17, 15) is 0 Å². The molecular weight excluding hydrogens is 436 g/mol. The largest absolute Gasteiger partial charge is 0.231 e. The summed E-state index contributed by atoms with van der Waals surface area (Å²) >= 11 is 8.96. The minimum atomic E-state index is 0.297. The zero-order valence-electron chi connectivity index (χ0n) is 12.9. The van der Waals surface area contributed by atoms with Crippen LogP contribution in [0.2, 0.25) is 0 Å². The summed E-state index contributed by atoms with van der Waals surface area (Å²) in [5, 5.41) is 2.11. The van der Waals surface area contributed by atoms with E-state index in [1.165, 1.54) is 5.56 Å². The molecule has 0 fully saturated rings. The molecule has 0 atom stereocenters. The van der Waals surface area contributed by atoms with Gasteiger partial charge in [0.05, 0.1) is 5.52 Å². The Bertz CT molecular complexity index is 835. The number of rotatable bonds is 4. The van der Waals surface area contributed by atoms with Crippen LogP contribution in [-0.2, 0) is 5.75 Å². The monoisotopic (exact) mass is 450 g/mol. The Labute approximate surface area is 157 Å². The van der Waals surface area contributed by atoms with Crippen molar-refractivity contribution in [3.05, 3.63) is 62.8 Å². The molecule has 0 spiro atoms. The van der Waals surface area contributed by atoms with Crippen molar-refractivity contribution in [3.8, 4) is 0 Å². The molecule has 0 aliphatic rings. The highest BCUT2D eigenvalue weighted by Gasteiger charge is 2.14. The summed E-state index contributed by atoms with van der Waals surface area (Å²) in [5.41, 5.74) is 2.27. The Morgan fingerprint density at radius 2 is 1.78 bits per heavy atom. The third-order valence-corrected chi connectivity index (χ3v) is 5.56. The van der Waals surface area contributed by atoms with Gasteiger partial charge in [-0.2, -0.15) is 0 Å². The smallest absolute Gasteiger partial charge is 0.132 e. The molecule has 0 saturated heterocycles. The summed E-state index contributed by atoms with van der Waals surface area (Å²) in [5.74, 6) is 2.08. The van der Waals surface area contributed by atoms with Crippen LogP contribution in [-0.4, -0.2) is 9.97 Å². The topological polar surface area (TPSA) is 25.8 Å². The SMILES string of the molecule is CC(C)c1nc(SCc2ccccc2)c2cc(Br)cc(Br)c2n1. The number of aromatic nitrogens is 2. The second-order valence-electron chi connectivity index (χ2n) is 5.60. The van der Waals surface area contributed by atoms with Gasteiger partial charge in [0.25, 0.3) is 0 Å². The predicted molar refractivity (Wildman–Crippen MR) is 105 cm³/mol. The maximum atomic E-state index is 4.81. The van der Waals surface area contributed by atoms with E-state index in [1.54, 1.807) is 11.8 Å². The Morgan fingerprint density at radius 3 is 2.48 bits per heavy atom. The molecule has 2 nitrogen and oxygen atoms in total. The summed E-state index contributed by atoms with van der Waals surface area (Å²) < 4.78 is 2.02. The minimum Gasteiger partial charge on any atom is -0.231 e. The van der Waals surface area contributed by atoms with Gasteiger partial charge in [0, 0.05) is 26.0 Å². The van der Waals surface area contributed by atoms with Gasteiger partial charge in [-0.05, 0) is 33.6 Å². The lowest BCUT2D eigenvalue weighted by Gasteiger charge is -2.12. The fraction of sp³-hybridized carbons (Fsp3) is 0.222. The highest BCUT2D eigenvalue weighted by molar-refractivity contribution is 9.11. The highest BCUT2D eigenvalue weighted by atomic mass is 79.9. The molecule has 0 amide bonds. The maximum Gasteiger partial charge on any atom is 0.132 e. The summed E-state index contributed by atoms with van der Waals surface area (Å²) in [6.07, 6.45) is 0. The van der Waals surface area contributed by atoms with Crippen LogP contribution in [0.4, 0.5) is 0 Å². The van der Waals surface area contributed by atoms with Crippen molar-refractivity contribution >= 4 is 54.5 Å². The quantitative estimate of drug-likeness (QED) is 0.331. The number of halogens is 2. The molecule has 3 rings (SSSR count). The molecule has 0 saturated carbocycles. The summed E-state index contributed by atoms with van der Waals surface area (Å²) in [6, 6.07) is 14.6. The molecule has 0 unspecified atom stereocenters. The van der Waals surface area contributed by atoms with Crippen molar-refractivity contribution in [1.29, 1.82) is 0 Å². The number of fused-ring (bicyclic) bond motifs is 1. The lowest BCUT2D eigenvalue weighted by atomic mass is 10.2. The number of hydrogen-bond donors (Lipinski definition) is 0. The Hall–Kier alpha value is -0.910. The predicted octanol–water partition coefficient (Wildman–Crippen LogP) is 6.57. The van der Waals surface area contributed by atoms with Gasteiger partial charge < -0.3 is 0 Å². The number of hydrogen-bond acceptors (Lipinski definition) is 3. The summed E-state index contributed by atoms with van der Waals surface area (Å²) in [6.45, 7) is 4.25. The first-order valence-corrected chi connectivity index (χ1v) is 9.95. The molecular formula is C18H16Br2N2S. The van der Waals surface area contributed by atoms with Crippen LogP contribution in [0.5, 0.6) is 0 Å². The van der Waals surface area contributed by atoms with Crippen LogP contribution in [0.3, 0.4) is 0 Å². The van der Waals surface area contributed by atoms with Gasteiger partial charge in [0.2, 0.25) is 0 Å². The van der Waals surface area contributed by atoms with E-state index in [2.05, 4.69) is 76.0 Å². The average Bonchev–Trinajstić information content (AvgIpc) is 2.53. The summed E-state index contributed by atoms with van der Waals surface area (Å²) in [4.78, 5) is 9.55. The third kappa shape index (κ3) is 3.95. The standard InChI is InChI=1S/C18H16Br2N2S/c1-11(2)17-21-16-14(8-13(19)9-15(16)20)18(22-17)23-10-12-6-4-3-5-7-12/h3-9,11H,10H2,1-2H3. The molecule has 118 valence electrons. The normalized spacial score (nSPS) is 11.3. The molecule has 0 bridgehead atoms. The first-order valence-electron chi connectivity index (χ1n) is 7.38. The van der Waals surface area contributed by atoms with E-state index in [1.807, 2.05) is 12.1 Å². The number of thioether (sulfide) groups is 1. The molecule has 3 aromatic rings. The summed E-state index contributed by atoms with van der Waals surface area (Å²) in [7, 11) is 0.